The number of amides is 2. The first-order valence-electron chi connectivity index (χ1n) is 8.79. The van der Waals surface area contributed by atoms with Gasteiger partial charge in [-0.2, -0.15) is 5.26 Å². The molecular formula is C20H18N4O5. The maximum Gasteiger partial charge on any atom is 0.267 e. The van der Waals surface area contributed by atoms with Gasteiger partial charge in [-0.05, 0) is 17.7 Å². The monoisotopic (exact) mass is 394 g/mol. The summed E-state index contributed by atoms with van der Waals surface area (Å²) < 4.78 is 1.34. The predicted octanol–water partition coefficient (Wildman–Crippen LogP) is -0.0829. The van der Waals surface area contributed by atoms with E-state index in [1.165, 1.54) is 9.47 Å². The van der Waals surface area contributed by atoms with Gasteiger partial charge in [0.15, 0.2) is 0 Å². The number of likely N-dealkylation sites (N-methyl/N-ethyl adjacent to an activating group) is 1. The van der Waals surface area contributed by atoms with E-state index < -0.39 is 22.8 Å². The molecule has 0 spiro atoms. The van der Waals surface area contributed by atoms with Gasteiger partial charge in [0.25, 0.3) is 11.5 Å². The number of fused-ring (bicyclic) bond motifs is 1. The third-order valence-electron chi connectivity index (χ3n) is 4.79. The molecule has 1 aliphatic heterocycles. The minimum absolute atomic E-state index is 0.0865. The van der Waals surface area contributed by atoms with Crippen molar-refractivity contribution in [3.8, 4) is 11.8 Å². The molecule has 0 fully saturated rings. The van der Waals surface area contributed by atoms with Gasteiger partial charge in [-0.3, -0.25) is 14.4 Å². The average molecular weight is 394 g/mol. The van der Waals surface area contributed by atoms with Crippen LogP contribution in [-0.4, -0.2) is 46.3 Å². The molecule has 2 N–H and O–H groups in total. The van der Waals surface area contributed by atoms with Gasteiger partial charge >= 0.3 is 0 Å². The van der Waals surface area contributed by atoms with E-state index in [1.807, 2.05) is 6.07 Å². The second kappa shape index (κ2) is 7.98. The first-order valence-corrected chi connectivity index (χ1v) is 8.79. The molecule has 0 radical (unpaired) electrons. The first kappa shape index (κ1) is 19.8. The van der Waals surface area contributed by atoms with Crippen LogP contribution in [0, 0.1) is 11.3 Å². The summed E-state index contributed by atoms with van der Waals surface area (Å²) in [7, 11) is 1.59. The van der Waals surface area contributed by atoms with Crippen molar-refractivity contribution in [2.45, 2.75) is 19.5 Å². The van der Waals surface area contributed by atoms with Crippen LogP contribution in [0.1, 0.15) is 32.7 Å². The average Bonchev–Trinajstić information content (AvgIpc) is 2.71. The fraction of sp³-hybridized carbons (Fsp3) is 0.250. The summed E-state index contributed by atoms with van der Waals surface area (Å²) in [5.74, 6) is -1.68. The number of rotatable bonds is 5. The number of aromatic nitrogens is 1. The Hall–Kier alpha value is -3.93. The van der Waals surface area contributed by atoms with Crippen molar-refractivity contribution in [1.82, 2.24) is 14.8 Å². The van der Waals surface area contributed by atoms with Crippen LogP contribution in [0.5, 0.6) is 5.75 Å². The Kier molecular flexibility index (Phi) is 5.45. The summed E-state index contributed by atoms with van der Waals surface area (Å²) >= 11 is 0. The zero-order chi connectivity index (χ0) is 21.1. The molecule has 9 heteroatoms. The van der Waals surface area contributed by atoms with E-state index >= 15 is 0 Å². The summed E-state index contributed by atoms with van der Waals surface area (Å²) in [6.45, 7) is -0.126. The Balaban J connectivity index is 2.16. The van der Waals surface area contributed by atoms with Crippen LogP contribution in [0.4, 0.5) is 0 Å². The normalized spacial score (nSPS) is 12.8. The zero-order valence-corrected chi connectivity index (χ0v) is 15.6. The van der Waals surface area contributed by atoms with Crippen molar-refractivity contribution < 1.29 is 19.5 Å². The number of aromatic hydroxyl groups is 1. The fourth-order valence-corrected chi connectivity index (χ4v) is 3.24. The molecule has 1 aromatic heterocycles. The molecular weight excluding hydrogens is 376 g/mol. The molecule has 0 atom stereocenters. The third-order valence-corrected chi connectivity index (χ3v) is 4.79. The smallest absolute Gasteiger partial charge is 0.267 e. The topological polar surface area (TPSA) is 132 Å². The molecule has 0 bridgehead atoms. The van der Waals surface area contributed by atoms with E-state index in [0.29, 0.717) is 23.1 Å². The molecule has 148 valence electrons. The number of pyridine rings is 1. The Morgan fingerprint density at radius 3 is 2.62 bits per heavy atom. The summed E-state index contributed by atoms with van der Waals surface area (Å²) in [5.41, 5.74) is 0.600. The van der Waals surface area contributed by atoms with E-state index in [-0.39, 0.29) is 37.5 Å². The number of carbonyl (C=O) groups excluding carboxylic acids is 3. The molecule has 0 saturated heterocycles. The minimum Gasteiger partial charge on any atom is -0.507 e. The number of carbonyl (C=O) groups is 3. The highest BCUT2D eigenvalue weighted by Gasteiger charge is 2.31. The van der Waals surface area contributed by atoms with Crippen LogP contribution in [0.15, 0.2) is 29.1 Å². The molecule has 9 nitrogen and oxygen atoms in total. The van der Waals surface area contributed by atoms with Crippen molar-refractivity contribution in [3.63, 3.8) is 0 Å². The Morgan fingerprint density at radius 2 is 2.00 bits per heavy atom. The van der Waals surface area contributed by atoms with E-state index in [4.69, 9.17) is 5.26 Å². The first-order chi connectivity index (χ1) is 13.9. The lowest BCUT2D eigenvalue weighted by atomic mass is 9.99. The molecule has 0 unspecified atom stereocenters. The highest BCUT2D eigenvalue weighted by molar-refractivity contribution is 5.98. The molecule has 1 aliphatic rings. The molecule has 2 heterocycles. The molecule has 29 heavy (non-hydrogen) atoms. The van der Waals surface area contributed by atoms with Gasteiger partial charge in [0, 0.05) is 18.3 Å². The quantitative estimate of drug-likeness (QED) is 0.682. The standard InChI is InChI=1S/C20H18N4O5/c1-23-11-15-14(8-16(23)26)18(27)17(19(28)22-6-7-25)20(29)24(15)10-13-4-2-12(9-21)3-5-13/h2-5,7,27H,6,8,10-11H2,1H3,(H,22,28). The summed E-state index contributed by atoms with van der Waals surface area (Å²) in [6.07, 6.45) is 0.306. The molecule has 0 aliphatic carbocycles. The molecule has 0 saturated carbocycles. The number of nitrogens with zero attached hydrogens (tertiary/aromatic N) is 3. The van der Waals surface area contributed by atoms with Crippen molar-refractivity contribution in [2.24, 2.45) is 0 Å². The van der Waals surface area contributed by atoms with Crippen molar-refractivity contribution in [2.75, 3.05) is 13.6 Å². The summed E-state index contributed by atoms with van der Waals surface area (Å²) in [5, 5.41) is 21.8. The maximum atomic E-state index is 13.1. The minimum atomic E-state index is -0.887. The fourth-order valence-electron chi connectivity index (χ4n) is 3.24. The number of nitriles is 1. The van der Waals surface area contributed by atoms with E-state index in [0.717, 1.165) is 0 Å². The molecule has 1 aromatic carbocycles. The largest absolute Gasteiger partial charge is 0.507 e. The molecule has 2 aromatic rings. The van der Waals surface area contributed by atoms with Gasteiger partial charge in [0.2, 0.25) is 5.91 Å². The lowest BCUT2D eigenvalue weighted by molar-refractivity contribution is -0.130. The highest BCUT2D eigenvalue weighted by atomic mass is 16.3. The zero-order valence-electron chi connectivity index (χ0n) is 15.6. The van der Waals surface area contributed by atoms with E-state index in [2.05, 4.69) is 5.32 Å². The van der Waals surface area contributed by atoms with Gasteiger partial charge in [-0.25, -0.2) is 0 Å². The van der Waals surface area contributed by atoms with Gasteiger partial charge in [0.1, 0.15) is 17.6 Å². The number of aldehydes is 1. The maximum absolute atomic E-state index is 13.1. The number of hydrogen-bond acceptors (Lipinski definition) is 6. The highest BCUT2D eigenvalue weighted by Crippen LogP contribution is 2.29. The Morgan fingerprint density at radius 1 is 1.31 bits per heavy atom. The number of benzene rings is 1. The van der Waals surface area contributed by atoms with Crippen LogP contribution in [0.2, 0.25) is 0 Å². The number of hydrogen-bond donors (Lipinski definition) is 2. The van der Waals surface area contributed by atoms with Crippen LogP contribution in [0.25, 0.3) is 0 Å². The van der Waals surface area contributed by atoms with Crippen LogP contribution < -0.4 is 10.9 Å². The second-order valence-corrected chi connectivity index (χ2v) is 6.65. The SMILES string of the molecule is CN1Cc2c(c(O)c(C(=O)NCC=O)c(=O)n2Cc2ccc(C#N)cc2)CC1=O. The predicted molar refractivity (Wildman–Crippen MR) is 101 cm³/mol. The van der Waals surface area contributed by atoms with Crippen LogP contribution in [0.3, 0.4) is 0 Å². The van der Waals surface area contributed by atoms with Crippen LogP contribution in [-0.2, 0) is 29.1 Å². The third kappa shape index (κ3) is 3.73. The second-order valence-electron chi connectivity index (χ2n) is 6.65. The molecule has 3 rings (SSSR count). The summed E-state index contributed by atoms with van der Waals surface area (Å²) in [4.78, 5) is 49.6. The van der Waals surface area contributed by atoms with Crippen molar-refractivity contribution >= 4 is 18.1 Å². The van der Waals surface area contributed by atoms with Gasteiger partial charge in [-0.15, -0.1) is 0 Å². The van der Waals surface area contributed by atoms with Gasteiger partial charge < -0.3 is 24.7 Å². The van der Waals surface area contributed by atoms with Crippen molar-refractivity contribution in [3.05, 3.63) is 62.6 Å². The Labute approximate surface area is 165 Å². The number of nitrogens with one attached hydrogen (secondary N) is 1. The van der Waals surface area contributed by atoms with Crippen molar-refractivity contribution in [1.29, 1.82) is 5.26 Å². The summed E-state index contributed by atoms with van der Waals surface area (Å²) in [6, 6.07) is 8.61. The lowest BCUT2D eigenvalue weighted by Crippen LogP contribution is -2.41. The van der Waals surface area contributed by atoms with Gasteiger partial charge in [0.05, 0.1) is 37.7 Å². The lowest BCUT2D eigenvalue weighted by Gasteiger charge is -2.29. The van der Waals surface area contributed by atoms with Gasteiger partial charge in [-0.1, -0.05) is 12.1 Å². The molecule has 2 amide bonds. The Bertz CT molecular complexity index is 1100. The van der Waals surface area contributed by atoms with E-state index in [9.17, 15) is 24.3 Å². The van der Waals surface area contributed by atoms with Crippen LogP contribution >= 0.6 is 0 Å². The van der Waals surface area contributed by atoms with E-state index in [1.54, 1.807) is 31.3 Å².